The summed E-state index contributed by atoms with van der Waals surface area (Å²) in [4.78, 5) is 22.5. The lowest BCUT2D eigenvalue weighted by Gasteiger charge is -2.20. The molecule has 0 bridgehead atoms. The highest BCUT2D eigenvalue weighted by atomic mass is 19.1. The van der Waals surface area contributed by atoms with Gasteiger partial charge >= 0.3 is 12.0 Å². The van der Waals surface area contributed by atoms with Crippen LogP contribution in [0.1, 0.15) is 19.4 Å². The van der Waals surface area contributed by atoms with E-state index in [0.717, 1.165) is 0 Å². The summed E-state index contributed by atoms with van der Waals surface area (Å²) >= 11 is 0. The maximum Gasteiger partial charge on any atom is 0.319 e. The predicted octanol–water partition coefficient (Wildman–Crippen LogP) is 2.37. The van der Waals surface area contributed by atoms with Crippen molar-refractivity contribution >= 4 is 17.7 Å². The molecule has 0 fully saturated rings. The van der Waals surface area contributed by atoms with E-state index in [1.54, 1.807) is 19.1 Å². The van der Waals surface area contributed by atoms with Crippen molar-refractivity contribution in [2.75, 3.05) is 11.9 Å². The Kier molecular flexibility index (Phi) is 4.47. The highest BCUT2D eigenvalue weighted by Crippen LogP contribution is 2.18. The minimum absolute atomic E-state index is 0.0539. The van der Waals surface area contributed by atoms with Gasteiger partial charge < -0.3 is 15.7 Å². The van der Waals surface area contributed by atoms with Crippen molar-refractivity contribution in [2.45, 2.75) is 20.8 Å². The number of carbonyl (C=O) groups is 2. The molecule has 19 heavy (non-hydrogen) atoms. The van der Waals surface area contributed by atoms with Crippen molar-refractivity contribution in [1.29, 1.82) is 0 Å². The topological polar surface area (TPSA) is 78.4 Å². The van der Waals surface area contributed by atoms with Gasteiger partial charge in [0.2, 0.25) is 0 Å². The SMILES string of the molecule is Cc1cccc(F)c1NC(=O)NCC(C)(C)C(=O)O. The average Bonchev–Trinajstić information content (AvgIpc) is 2.31. The second kappa shape index (κ2) is 5.69. The molecule has 0 aliphatic heterocycles. The van der Waals surface area contributed by atoms with Gasteiger partial charge in [-0.15, -0.1) is 0 Å². The van der Waals surface area contributed by atoms with Crippen molar-refractivity contribution in [3.63, 3.8) is 0 Å². The van der Waals surface area contributed by atoms with Crippen molar-refractivity contribution in [3.05, 3.63) is 29.6 Å². The summed E-state index contributed by atoms with van der Waals surface area (Å²) in [5, 5.41) is 13.7. The Hall–Kier alpha value is -2.11. The molecule has 0 spiro atoms. The molecule has 0 aromatic heterocycles. The molecule has 6 heteroatoms. The minimum atomic E-state index is -1.08. The molecule has 0 aliphatic carbocycles. The van der Waals surface area contributed by atoms with Gasteiger partial charge in [0.1, 0.15) is 5.82 Å². The van der Waals surface area contributed by atoms with Gasteiger partial charge in [-0.3, -0.25) is 4.79 Å². The summed E-state index contributed by atoms with van der Waals surface area (Å²) in [6, 6.07) is 3.81. The zero-order valence-electron chi connectivity index (χ0n) is 11.1. The van der Waals surface area contributed by atoms with Crippen molar-refractivity contribution in [1.82, 2.24) is 5.32 Å². The normalized spacial score (nSPS) is 10.9. The van der Waals surface area contributed by atoms with Crippen molar-refractivity contribution < 1.29 is 19.1 Å². The monoisotopic (exact) mass is 268 g/mol. The highest BCUT2D eigenvalue weighted by Gasteiger charge is 2.27. The van der Waals surface area contributed by atoms with Crippen LogP contribution in [-0.2, 0) is 4.79 Å². The van der Waals surface area contributed by atoms with Gasteiger partial charge in [-0.1, -0.05) is 12.1 Å². The Labute approximate surface area is 110 Å². The number of amides is 2. The molecule has 0 radical (unpaired) electrons. The van der Waals surface area contributed by atoms with Gasteiger partial charge in [-0.25, -0.2) is 9.18 Å². The molecule has 1 aromatic carbocycles. The second-order valence-electron chi connectivity index (χ2n) is 4.93. The smallest absolute Gasteiger partial charge is 0.319 e. The molecule has 0 heterocycles. The lowest BCUT2D eigenvalue weighted by atomic mass is 9.94. The molecule has 0 unspecified atom stereocenters. The molecular weight excluding hydrogens is 251 g/mol. The molecule has 3 N–H and O–H groups in total. The Morgan fingerprint density at radius 2 is 2.00 bits per heavy atom. The number of carboxylic acids is 1. The van der Waals surface area contributed by atoms with E-state index in [0.29, 0.717) is 5.56 Å². The zero-order chi connectivity index (χ0) is 14.6. The molecule has 0 saturated heterocycles. The first-order valence-corrected chi connectivity index (χ1v) is 5.77. The zero-order valence-corrected chi connectivity index (χ0v) is 11.1. The number of nitrogens with one attached hydrogen (secondary N) is 2. The highest BCUT2D eigenvalue weighted by molar-refractivity contribution is 5.90. The van der Waals surface area contributed by atoms with Crippen LogP contribution < -0.4 is 10.6 Å². The fraction of sp³-hybridized carbons (Fsp3) is 0.385. The van der Waals surface area contributed by atoms with Gasteiger partial charge in [0.15, 0.2) is 0 Å². The quantitative estimate of drug-likeness (QED) is 0.784. The number of benzene rings is 1. The number of hydrogen-bond acceptors (Lipinski definition) is 2. The van der Waals surface area contributed by atoms with E-state index < -0.39 is 23.2 Å². The number of para-hydroxylation sites is 1. The van der Waals surface area contributed by atoms with E-state index in [2.05, 4.69) is 10.6 Å². The molecule has 1 rings (SSSR count). The molecule has 0 aliphatic rings. The Balaban J connectivity index is 2.64. The fourth-order valence-electron chi connectivity index (χ4n) is 1.32. The summed E-state index contributed by atoms with van der Waals surface area (Å²) in [5.74, 6) is -1.55. The summed E-state index contributed by atoms with van der Waals surface area (Å²) in [7, 11) is 0. The van der Waals surface area contributed by atoms with E-state index in [1.165, 1.54) is 19.9 Å². The Morgan fingerprint density at radius 3 is 2.53 bits per heavy atom. The molecule has 2 amide bonds. The van der Waals surface area contributed by atoms with Crippen LogP contribution in [0.15, 0.2) is 18.2 Å². The first-order valence-electron chi connectivity index (χ1n) is 5.77. The number of hydrogen-bond donors (Lipinski definition) is 3. The lowest BCUT2D eigenvalue weighted by Crippen LogP contribution is -2.40. The maximum absolute atomic E-state index is 13.5. The van der Waals surface area contributed by atoms with E-state index in [9.17, 15) is 14.0 Å². The van der Waals surface area contributed by atoms with Crippen LogP contribution in [0.5, 0.6) is 0 Å². The van der Waals surface area contributed by atoms with Crippen LogP contribution in [0.3, 0.4) is 0 Å². The molecule has 0 saturated carbocycles. The molecule has 104 valence electrons. The van der Waals surface area contributed by atoms with Crippen LogP contribution in [-0.4, -0.2) is 23.7 Å². The molecular formula is C13H17FN2O3. The van der Waals surface area contributed by atoms with Crippen LogP contribution >= 0.6 is 0 Å². The number of carbonyl (C=O) groups excluding carboxylic acids is 1. The number of anilines is 1. The third-order valence-corrected chi connectivity index (χ3v) is 2.73. The van der Waals surface area contributed by atoms with E-state index >= 15 is 0 Å². The summed E-state index contributed by atoms with van der Waals surface area (Å²) in [6.07, 6.45) is 0. The van der Waals surface area contributed by atoms with Crippen LogP contribution in [0.4, 0.5) is 14.9 Å². The van der Waals surface area contributed by atoms with Gasteiger partial charge in [0.05, 0.1) is 11.1 Å². The molecule has 0 atom stereocenters. The number of aryl methyl sites for hydroxylation is 1. The number of rotatable bonds is 4. The molecule has 5 nitrogen and oxygen atoms in total. The largest absolute Gasteiger partial charge is 0.481 e. The molecule has 1 aromatic rings. The van der Waals surface area contributed by atoms with E-state index in [1.807, 2.05) is 0 Å². The van der Waals surface area contributed by atoms with E-state index in [-0.39, 0.29) is 12.2 Å². The summed E-state index contributed by atoms with van der Waals surface area (Å²) in [5.41, 5.74) is -0.400. The third kappa shape index (κ3) is 3.94. The van der Waals surface area contributed by atoms with Gasteiger partial charge in [-0.05, 0) is 32.4 Å². The first kappa shape index (κ1) is 14.9. The number of aliphatic carboxylic acids is 1. The van der Waals surface area contributed by atoms with Gasteiger partial charge in [-0.2, -0.15) is 0 Å². The maximum atomic E-state index is 13.5. The van der Waals surface area contributed by atoms with Crippen LogP contribution in [0.2, 0.25) is 0 Å². The number of carboxylic acid groups (broad SMARTS) is 1. The van der Waals surface area contributed by atoms with Crippen molar-refractivity contribution in [3.8, 4) is 0 Å². The standard InChI is InChI=1S/C13H17FN2O3/c1-8-5-4-6-9(14)10(8)16-12(19)15-7-13(2,3)11(17)18/h4-6H,7H2,1-3H3,(H,17,18)(H2,15,16,19). The van der Waals surface area contributed by atoms with E-state index in [4.69, 9.17) is 5.11 Å². The summed E-state index contributed by atoms with van der Waals surface area (Å²) in [6.45, 7) is 4.59. The summed E-state index contributed by atoms with van der Waals surface area (Å²) < 4.78 is 13.5. The van der Waals surface area contributed by atoms with Gasteiger partial charge in [0.25, 0.3) is 0 Å². The Bertz CT molecular complexity index is 480. The predicted molar refractivity (Wildman–Crippen MR) is 69.6 cm³/mol. The Morgan fingerprint density at radius 1 is 1.37 bits per heavy atom. The first-order chi connectivity index (χ1) is 8.74. The third-order valence-electron chi connectivity index (χ3n) is 2.73. The minimum Gasteiger partial charge on any atom is -0.481 e. The number of halogens is 1. The number of urea groups is 1. The second-order valence-corrected chi connectivity index (χ2v) is 4.93. The van der Waals surface area contributed by atoms with Gasteiger partial charge in [0, 0.05) is 6.54 Å². The van der Waals surface area contributed by atoms with Crippen LogP contribution in [0, 0.1) is 18.2 Å². The van der Waals surface area contributed by atoms with Crippen LogP contribution in [0.25, 0.3) is 0 Å². The average molecular weight is 268 g/mol. The lowest BCUT2D eigenvalue weighted by molar-refractivity contribution is -0.146. The fourth-order valence-corrected chi connectivity index (χ4v) is 1.32. The van der Waals surface area contributed by atoms with Crippen molar-refractivity contribution in [2.24, 2.45) is 5.41 Å².